The molecule has 5 heteroatoms. The van der Waals surface area contributed by atoms with E-state index < -0.39 is 0 Å². The van der Waals surface area contributed by atoms with Gasteiger partial charge in [0.25, 0.3) is 5.91 Å². The summed E-state index contributed by atoms with van der Waals surface area (Å²) in [6.07, 6.45) is 2.05. The summed E-state index contributed by atoms with van der Waals surface area (Å²) in [6, 6.07) is 2.18. The molecule has 0 atom stereocenters. The molecule has 1 N–H and O–H groups in total. The van der Waals surface area contributed by atoms with Crippen molar-refractivity contribution in [2.24, 2.45) is 0 Å². The Hall–Kier alpha value is -1.07. The topological polar surface area (TPSA) is 41.6 Å². The summed E-state index contributed by atoms with van der Waals surface area (Å²) < 4.78 is 5.19. The minimum Gasteiger partial charge on any atom is -0.495 e. The zero-order valence-corrected chi connectivity index (χ0v) is 11.0. The molecule has 0 aromatic carbocycles. The highest BCUT2D eigenvalue weighted by Gasteiger charge is 2.25. The maximum absolute atomic E-state index is 12.3. The van der Waals surface area contributed by atoms with Crippen LogP contribution in [0.15, 0.2) is 11.4 Å². The van der Waals surface area contributed by atoms with E-state index in [1.165, 1.54) is 11.3 Å². The van der Waals surface area contributed by atoms with Crippen molar-refractivity contribution >= 4 is 17.2 Å². The van der Waals surface area contributed by atoms with Crippen LogP contribution in [0.25, 0.3) is 0 Å². The molecule has 0 spiro atoms. The number of methoxy groups -OCH3 is 1. The van der Waals surface area contributed by atoms with E-state index in [1.807, 2.05) is 23.4 Å². The predicted molar refractivity (Wildman–Crippen MR) is 68.9 cm³/mol. The second-order valence-electron chi connectivity index (χ2n) is 4.22. The Morgan fingerprint density at radius 1 is 1.53 bits per heavy atom. The first-order valence-electron chi connectivity index (χ1n) is 5.83. The first-order chi connectivity index (χ1) is 8.24. The lowest BCUT2D eigenvalue weighted by atomic mass is 10.1. The zero-order valence-electron chi connectivity index (χ0n) is 10.2. The Morgan fingerprint density at radius 3 is 2.88 bits per heavy atom. The number of carbonyl (C=O) groups is 1. The normalized spacial score (nSPS) is 16.8. The van der Waals surface area contributed by atoms with Gasteiger partial charge in [-0.15, -0.1) is 11.3 Å². The molecule has 1 aliphatic heterocycles. The molecule has 17 heavy (non-hydrogen) atoms. The van der Waals surface area contributed by atoms with Gasteiger partial charge in [0.2, 0.25) is 0 Å². The molecular formula is C12H18N2O2S. The van der Waals surface area contributed by atoms with Crippen LogP contribution in [0.5, 0.6) is 5.75 Å². The number of nitrogens with one attached hydrogen (secondary N) is 1. The van der Waals surface area contributed by atoms with Crippen LogP contribution in [-0.2, 0) is 0 Å². The number of nitrogens with zero attached hydrogens (tertiary/aromatic N) is 1. The number of rotatable bonds is 3. The number of hydrogen-bond acceptors (Lipinski definition) is 4. The van der Waals surface area contributed by atoms with Crippen LogP contribution in [0.4, 0.5) is 0 Å². The zero-order chi connectivity index (χ0) is 12.3. The molecule has 0 unspecified atom stereocenters. The standard InChI is InChI=1S/C12H18N2O2S/c1-14(9-3-6-13-7-4-9)12(15)11-10(16-2)5-8-17-11/h5,8-9,13H,3-4,6-7H2,1-2H3. The molecule has 0 saturated carbocycles. The fraction of sp³-hybridized carbons (Fsp3) is 0.583. The number of amides is 1. The van der Waals surface area contributed by atoms with Crippen molar-refractivity contribution in [3.05, 3.63) is 16.3 Å². The molecule has 1 aromatic heterocycles. The largest absolute Gasteiger partial charge is 0.495 e. The monoisotopic (exact) mass is 254 g/mol. The van der Waals surface area contributed by atoms with Crippen LogP contribution in [-0.4, -0.2) is 44.1 Å². The van der Waals surface area contributed by atoms with E-state index in [4.69, 9.17) is 4.74 Å². The lowest BCUT2D eigenvalue weighted by Crippen LogP contribution is -2.43. The molecule has 94 valence electrons. The SMILES string of the molecule is COc1ccsc1C(=O)N(C)C1CCNCC1. The van der Waals surface area contributed by atoms with Crippen LogP contribution < -0.4 is 10.1 Å². The quantitative estimate of drug-likeness (QED) is 0.890. The van der Waals surface area contributed by atoms with E-state index in [-0.39, 0.29) is 5.91 Å². The average molecular weight is 254 g/mol. The van der Waals surface area contributed by atoms with Gasteiger partial charge >= 0.3 is 0 Å². The van der Waals surface area contributed by atoms with Gasteiger partial charge in [-0.1, -0.05) is 0 Å². The van der Waals surface area contributed by atoms with Gasteiger partial charge in [-0.25, -0.2) is 0 Å². The Kier molecular flexibility index (Phi) is 4.02. The molecule has 1 aromatic rings. The fourth-order valence-electron chi connectivity index (χ4n) is 2.13. The molecule has 1 saturated heterocycles. The number of thiophene rings is 1. The van der Waals surface area contributed by atoms with Crippen molar-refractivity contribution in [1.29, 1.82) is 0 Å². The minimum atomic E-state index is 0.0729. The molecular weight excluding hydrogens is 236 g/mol. The Bertz CT molecular complexity index is 386. The predicted octanol–water partition coefficient (Wildman–Crippen LogP) is 1.58. The van der Waals surface area contributed by atoms with Gasteiger partial charge in [0.15, 0.2) is 0 Å². The van der Waals surface area contributed by atoms with Gasteiger partial charge < -0.3 is 15.0 Å². The molecule has 0 bridgehead atoms. The van der Waals surface area contributed by atoms with Gasteiger partial charge in [0, 0.05) is 13.1 Å². The average Bonchev–Trinajstić information content (AvgIpc) is 2.86. The maximum atomic E-state index is 12.3. The molecule has 4 nitrogen and oxygen atoms in total. The molecule has 2 rings (SSSR count). The number of hydrogen-bond donors (Lipinski definition) is 1. The molecule has 2 heterocycles. The van der Waals surface area contributed by atoms with E-state index in [9.17, 15) is 4.79 Å². The van der Waals surface area contributed by atoms with Gasteiger partial charge in [-0.2, -0.15) is 0 Å². The van der Waals surface area contributed by atoms with Gasteiger partial charge in [-0.05, 0) is 37.4 Å². The first kappa shape index (κ1) is 12.4. The summed E-state index contributed by atoms with van der Waals surface area (Å²) in [7, 11) is 3.49. The molecule has 0 radical (unpaired) electrons. The highest BCUT2D eigenvalue weighted by molar-refractivity contribution is 7.12. The Balaban J connectivity index is 2.08. The Labute approximate surface area is 106 Å². The summed E-state index contributed by atoms with van der Waals surface area (Å²) in [5.41, 5.74) is 0. The van der Waals surface area contributed by atoms with E-state index in [2.05, 4.69) is 5.32 Å². The molecule has 1 amide bonds. The lowest BCUT2D eigenvalue weighted by molar-refractivity contribution is 0.0705. The smallest absolute Gasteiger partial charge is 0.267 e. The van der Waals surface area contributed by atoms with Gasteiger partial charge in [0.1, 0.15) is 10.6 Å². The van der Waals surface area contributed by atoms with Crippen LogP contribution in [0.1, 0.15) is 22.5 Å². The van der Waals surface area contributed by atoms with Crippen LogP contribution in [0.2, 0.25) is 0 Å². The van der Waals surface area contributed by atoms with E-state index >= 15 is 0 Å². The van der Waals surface area contributed by atoms with E-state index in [0.717, 1.165) is 25.9 Å². The summed E-state index contributed by atoms with van der Waals surface area (Å²) in [6.45, 7) is 1.98. The van der Waals surface area contributed by atoms with Crippen molar-refractivity contribution in [2.75, 3.05) is 27.2 Å². The first-order valence-corrected chi connectivity index (χ1v) is 6.71. The second kappa shape index (κ2) is 5.51. The van der Waals surface area contributed by atoms with E-state index in [1.54, 1.807) is 7.11 Å². The third kappa shape index (κ3) is 2.61. The maximum Gasteiger partial charge on any atom is 0.267 e. The fourth-order valence-corrected chi connectivity index (χ4v) is 2.97. The van der Waals surface area contributed by atoms with Crippen molar-refractivity contribution in [3.8, 4) is 5.75 Å². The summed E-state index contributed by atoms with van der Waals surface area (Å²) >= 11 is 1.44. The third-order valence-electron chi connectivity index (χ3n) is 3.22. The van der Waals surface area contributed by atoms with Crippen molar-refractivity contribution in [2.45, 2.75) is 18.9 Å². The molecule has 1 aliphatic rings. The summed E-state index contributed by atoms with van der Waals surface area (Å²) in [4.78, 5) is 14.9. The highest BCUT2D eigenvalue weighted by atomic mass is 32.1. The van der Waals surface area contributed by atoms with Crippen LogP contribution in [0.3, 0.4) is 0 Å². The lowest BCUT2D eigenvalue weighted by Gasteiger charge is -2.31. The van der Waals surface area contributed by atoms with Crippen molar-refractivity contribution in [1.82, 2.24) is 10.2 Å². The number of ether oxygens (including phenoxy) is 1. The minimum absolute atomic E-state index is 0.0729. The van der Waals surface area contributed by atoms with E-state index in [0.29, 0.717) is 16.7 Å². The highest BCUT2D eigenvalue weighted by Crippen LogP contribution is 2.27. The molecule has 0 aliphatic carbocycles. The summed E-state index contributed by atoms with van der Waals surface area (Å²) in [5.74, 6) is 0.754. The number of piperidine rings is 1. The van der Waals surface area contributed by atoms with Crippen molar-refractivity contribution in [3.63, 3.8) is 0 Å². The molecule has 1 fully saturated rings. The third-order valence-corrected chi connectivity index (χ3v) is 4.10. The van der Waals surface area contributed by atoms with Gasteiger partial charge in [0.05, 0.1) is 7.11 Å². The van der Waals surface area contributed by atoms with Crippen LogP contribution >= 0.6 is 11.3 Å². The second-order valence-corrected chi connectivity index (χ2v) is 5.13. The number of carbonyl (C=O) groups excluding carboxylic acids is 1. The summed E-state index contributed by atoms with van der Waals surface area (Å²) in [5, 5.41) is 5.20. The Morgan fingerprint density at radius 2 is 2.24 bits per heavy atom. The van der Waals surface area contributed by atoms with Gasteiger partial charge in [-0.3, -0.25) is 4.79 Å². The van der Waals surface area contributed by atoms with Crippen molar-refractivity contribution < 1.29 is 9.53 Å². The van der Waals surface area contributed by atoms with Crippen LogP contribution in [0, 0.1) is 0 Å².